The summed E-state index contributed by atoms with van der Waals surface area (Å²) in [5, 5.41) is 9.32. The van der Waals surface area contributed by atoms with Crippen LogP contribution in [0.1, 0.15) is 18.9 Å². The summed E-state index contributed by atoms with van der Waals surface area (Å²) in [4.78, 5) is 25.2. The molecule has 1 aliphatic rings. The van der Waals surface area contributed by atoms with Crippen LogP contribution in [0.2, 0.25) is 0 Å². The molecule has 1 amide bonds. The lowest BCUT2D eigenvalue weighted by molar-refractivity contribution is -0.140. The summed E-state index contributed by atoms with van der Waals surface area (Å²) in [5.41, 5.74) is 1.75. The number of hydrogen-bond donors (Lipinski definition) is 2. The lowest BCUT2D eigenvalue weighted by atomic mass is 9.94. The second-order valence-corrected chi connectivity index (χ2v) is 5.18. The van der Waals surface area contributed by atoms with Crippen LogP contribution in [-0.4, -0.2) is 28.8 Å². The summed E-state index contributed by atoms with van der Waals surface area (Å²) in [6, 6.07) is 6.72. The van der Waals surface area contributed by atoms with Crippen LogP contribution in [0.25, 0.3) is 0 Å². The highest BCUT2D eigenvalue weighted by atomic mass is 32.1. The van der Waals surface area contributed by atoms with Gasteiger partial charge in [-0.2, -0.15) is 12.6 Å². The molecular weight excluding hydrogens is 262 g/mol. The molecule has 0 spiro atoms. The first-order valence-electron chi connectivity index (χ1n) is 6.31. The van der Waals surface area contributed by atoms with Gasteiger partial charge in [-0.25, -0.2) is 4.79 Å². The molecule has 4 nitrogen and oxygen atoms in total. The van der Waals surface area contributed by atoms with Crippen LogP contribution in [0.3, 0.4) is 0 Å². The third kappa shape index (κ3) is 2.61. The van der Waals surface area contributed by atoms with Crippen molar-refractivity contribution in [3.8, 4) is 0 Å². The number of carboxylic acids is 1. The SMILES string of the molecule is C[C@H](CS)C(=O)N1c2ccccc2CC[C@H]1C(=O)O. The second kappa shape index (κ2) is 5.65. The van der Waals surface area contributed by atoms with Crippen molar-refractivity contribution in [1.82, 2.24) is 0 Å². The quantitative estimate of drug-likeness (QED) is 0.832. The minimum Gasteiger partial charge on any atom is -0.480 e. The number of thiol groups is 1. The van der Waals surface area contributed by atoms with E-state index in [1.54, 1.807) is 6.92 Å². The Morgan fingerprint density at radius 3 is 2.79 bits per heavy atom. The van der Waals surface area contributed by atoms with Crippen molar-refractivity contribution >= 4 is 30.2 Å². The van der Waals surface area contributed by atoms with Crippen molar-refractivity contribution < 1.29 is 14.7 Å². The Labute approximate surface area is 117 Å². The van der Waals surface area contributed by atoms with Gasteiger partial charge in [0.1, 0.15) is 6.04 Å². The highest BCUT2D eigenvalue weighted by Gasteiger charge is 2.36. The van der Waals surface area contributed by atoms with Crippen molar-refractivity contribution in [2.75, 3.05) is 10.7 Å². The minimum atomic E-state index is -0.950. The van der Waals surface area contributed by atoms with Crippen LogP contribution < -0.4 is 4.90 Å². The lowest BCUT2D eigenvalue weighted by Crippen LogP contribution is -2.50. The Bertz CT molecular complexity index is 503. The van der Waals surface area contributed by atoms with E-state index in [4.69, 9.17) is 0 Å². The van der Waals surface area contributed by atoms with Gasteiger partial charge in [0.25, 0.3) is 0 Å². The highest BCUT2D eigenvalue weighted by molar-refractivity contribution is 7.80. The fourth-order valence-electron chi connectivity index (χ4n) is 2.37. The van der Waals surface area contributed by atoms with Crippen LogP contribution in [0.15, 0.2) is 24.3 Å². The van der Waals surface area contributed by atoms with Crippen molar-refractivity contribution in [2.24, 2.45) is 5.92 Å². The van der Waals surface area contributed by atoms with E-state index in [-0.39, 0.29) is 11.8 Å². The molecule has 102 valence electrons. The Morgan fingerprint density at radius 1 is 1.47 bits per heavy atom. The number of anilines is 1. The Kier molecular flexibility index (Phi) is 4.14. The predicted molar refractivity (Wildman–Crippen MR) is 76.7 cm³/mol. The van der Waals surface area contributed by atoms with Crippen molar-refractivity contribution in [3.05, 3.63) is 29.8 Å². The molecule has 1 N–H and O–H groups in total. The first-order valence-corrected chi connectivity index (χ1v) is 6.94. The van der Waals surface area contributed by atoms with Crippen LogP contribution in [0, 0.1) is 5.92 Å². The zero-order chi connectivity index (χ0) is 14.0. The smallest absolute Gasteiger partial charge is 0.326 e. The fourth-order valence-corrected chi connectivity index (χ4v) is 2.52. The monoisotopic (exact) mass is 279 g/mol. The Hall–Kier alpha value is -1.49. The molecule has 2 atom stereocenters. The number of carboxylic acid groups (broad SMARTS) is 1. The summed E-state index contributed by atoms with van der Waals surface area (Å²) >= 11 is 4.13. The maximum Gasteiger partial charge on any atom is 0.326 e. The third-order valence-corrected chi connectivity index (χ3v) is 4.02. The number of aryl methyl sites for hydroxylation is 1. The molecule has 0 saturated heterocycles. The summed E-state index contributed by atoms with van der Waals surface area (Å²) < 4.78 is 0. The van der Waals surface area contributed by atoms with Gasteiger partial charge in [-0.1, -0.05) is 25.1 Å². The Morgan fingerprint density at radius 2 is 2.16 bits per heavy atom. The molecule has 2 rings (SSSR count). The van der Waals surface area contributed by atoms with Crippen LogP contribution in [-0.2, 0) is 16.0 Å². The molecule has 0 aliphatic carbocycles. The van der Waals surface area contributed by atoms with Gasteiger partial charge in [0.2, 0.25) is 5.91 Å². The maximum atomic E-state index is 12.4. The molecule has 0 aromatic heterocycles. The average molecular weight is 279 g/mol. The number of aliphatic carboxylic acids is 1. The largest absolute Gasteiger partial charge is 0.480 e. The molecule has 0 radical (unpaired) electrons. The summed E-state index contributed by atoms with van der Waals surface area (Å²) in [6.45, 7) is 1.77. The van der Waals surface area contributed by atoms with Crippen molar-refractivity contribution in [2.45, 2.75) is 25.8 Å². The van der Waals surface area contributed by atoms with Gasteiger partial charge in [0, 0.05) is 17.4 Å². The van der Waals surface area contributed by atoms with E-state index in [2.05, 4.69) is 12.6 Å². The van der Waals surface area contributed by atoms with Gasteiger partial charge >= 0.3 is 5.97 Å². The van der Waals surface area contributed by atoms with Crippen LogP contribution in [0.5, 0.6) is 0 Å². The molecule has 19 heavy (non-hydrogen) atoms. The van der Waals surface area contributed by atoms with Gasteiger partial charge < -0.3 is 5.11 Å². The third-order valence-electron chi connectivity index (χ3n) is 3.47. The van der Waals surface area contributed by atoms with Gasteiger partial charge in [0.15, 0.2) is 0 Å². The summed E-state index contributed by atoms with van der Waals surface area (Å²) in [7, 11) is 0. The molecule has 0 saturated carbocycles. The molecule has 1 aliphatic heterocycles. The molecule has 1 aromatic carbocycles. The molecule has 0 unspecified atom stereocenters. The Balaban J connectivity index is 2.44. The molecule has 1 heterocycles. The number of carbonyl (C=O) groups excluding carboxylic acids is 1. The normalized spacial score (nSPS) is 19.7. The number of benzene rings is 1. The van der Waals surface area contributed by atoms with E-state index in [0.717, 1.165) is 11.3 Å². The van der Waals surface area contributed by atoms with E-state index in [1.165, 1.54) is 4.90 Å². The van der Waals surface area contributed by atoms with E-state index >= 15 is 0 Å². The summed E-state index contributed by atoms with van der Waals surface area (Å²) in [5.74, 6) is -1.01. The van der Waals surface area contributed by atoms with Crippen molar-refractivity contribution in [1.29, 1.82) is 0 Å². The topological polar surface area (TPSA) is 57.6 Å². The number of carbonyl (C=O) groups is 2. The highest BCUT2D eigenvalue weighted by Crippen LogP contribution is 2.32. The molecule has 5 heteroatoms. The van der Waals surface area contributed by atoms with Crippen LogP contribution >= 0.6 is 12.6 Å². The number of amides is 1. The number of hydrogen-bond acceptors (Lipinski definition) is 3. The van der Waals surface area contributed by atoms with Gasteiger partial charge in [-0.15, -0.1) is 0 Å². The fraction of sp³-hybridized carbons (Fsp3) is 0.429. The van der Waals surface area contributed by atoms with E-state index in [1.807, 2.05) is 24.3 Å². The minimum absolute atomic E-state index is 0.172. The lowest BCUT2D eigenvalue weighted by Gasteiger charge is -2.36. The first-order chi connectivity index (χ1) is 9.06. The number of para-hydroxylation sites is 1. The molecular formula is C14H17NO3S. The predicted octanol–water partition coefficient (Wildman–Crippen LogP) is 1.98. The van der Waals surface area contributed by atoms with E-state index in [9.17, 15) is 14.7 Å². The zero-order valence-corrected chi connectivity index (χ0v) is 11.6. The maximum absolute atomic E-state index is 12.4. The summed E-state index contributed by atoms with van der Waals surface area (Å²) in [6.07, 6.45) is 1.14. The molecule has 0 bridgehead atoms. The number of fused-ring (bicyclic) bond motifs is 1. The number of rotatable bonds is 3. The zero-order valence-electron chi connectivity index (χ0n) is 10.7. The molecule has 1 aromatic rings. The second-order valence-electron chi connectivity index (χ2n) is 4.81. The van der Waals surface area contributed by atoms with E-state index < -0.39 is 12.0 Å². The van der Waals surface area contributed by atoms with Gasteiger partial charge in [-0.3, -0.25) is 9.69 Å². The molecule has 0 fully saturated rings. The number of nitrogens with zero attached hydrogens (tertiary/aromatic N) is 1. The van der Waals surface area contributed by atoms with Gasteiger partial charge in [-0.05, 0) is 24.5 Å². The standard InChI is InChI=1S/C14H17NO3S/c1-9(8-19)13(16)15-11-5-3-2-4-10(11)6-7-12(15)14(17)18/h2-5,9,12,19H,6-8H2,1H3,(H,17,18)/t9-,12+/m1/s1. The first kappa shape index (κ1) is 13.9. The van der Waals surface area contributed by atoms with E-state index in [0.29, 0.717) is 18.6 Å². The average Bonchev–Trinajstić information content (AvgIpc) is 2.44. The van der Waals surface area contributed by atoms with Gasteiger partial charge in [0.05, 0.1) is 0 Å². The van der Waals surface area contributed by atoms with Crippen LogP contribution in [0.4, 0.5) is 5.69 Å². The van der Waals surface area contributed by atoms with Crippen molar-refractivity contribution in [3.63, 3.8) is 0 Å².